The molecule has 0 fully saturated rings. The predicted molar refractivity (Wildman–Crippen MR) is 59.3 cm³/mol. The first-order valence-corrected chi connectivity index (χ1v) is 4.87. The maximum absolute atomic E-state index is 9.29. The van der Waals surface area contributed by atoms with Crippen LogP contribution < -0.4 is 5.32 Å². The summed E-state index contributed by atoms with van der Waals surface area (Å²) in [6.07, 6.45) is 2.85. The van der Waals surface area contributed by atoms with Gasteiger partial charge in [-0.2, -0.15) is 0 Å². The molecule has 2 heteroatoms. The van der Waals surface area contributed by atoms with Crippen molar-refractivity contribution in [3.63, 3.8) is 0 Å². The summed E-state index contributed by atoms with van der Waals surface area (Å²) in [5.74, 6) is 0.319. The summed E-state index contributed by atoms with van der Waals surface area (Å²) in [5, 5.41) is 12.6. The summed E-state index contributed by atoms with van der Waals surface area (Å²) < 4.78 is 0. The molecule has 2 N–H and O–H groups in total. The summed E-state index contributed by atoms with van der Waals surface area (Å²) in [5.41, 5.74) is 1.11. The Bertz CT molecular complexity index is 296. The standard InChI is InChI=1S/C12H17NO/c1-3-4-8-13-10(2)11-6-5-7-12(14)9-11/h3,5-7,9-10,13-14H,1,4,8H2,2H3. The van der Waals surface area contributed by atoms with E-state index in [0.29, 0.717) is 5.75 Å². The minimum absolute atomic E-state index is 0.266. The summed E-state index contributed by atoms with van der Waals surface area (Å²) in [6.45, 7) is 6.66. The van der Waals surface area contributed by atoms with Crippen LogP contribution in [0.1, 0.15) is 24.9 Å². The minimum Gasteiger partial charge on any atom is -0.508 e. The average Bonchev–Trinajstić information content (AvgIpc) is 2.18. The van der Waals surface area contributed by atoms with Crippen LogP contribution in [0.2, 0.25) is 0 Å². The van der Waals surface area contributed by atoms with Gasteiger partial charge in [0.25, 0.3) is 0 Å². The Morgan fingerprint density at radius 3 is 3.00 bits per heavy atom. The van der Waals surface area contributed by atoms with Gasteiger partial charge in [-0.1, -0.05) is 18.2 Å². The average molecular weight is 191 g/mol. The van der Waals surface area contributed by atoms with E-state index in [1.165, 1.54) is 0 Å². The van der Waals surface area contributed by atoms with Crippen LogP contribution in [0.15, 0.2) is 36.9 Å². The predicted octanol–water partition coefficient (Wildman–Crippen LogP) is 2.62. The third-order valence-electron chi connectivity index (χ3n) is 2.17. The lowest BCUT2D eigenvalue weighted by Gasteiger charge is -2.13. The largest absolute Gasteiger partial charge is 0.508 e. The van der Waals surface area contributed by atoms with E-state index >= 15 is 0 Å². The molecule has 0 amide bonds. The van der Waals surface area contributed by atoms with E-state index in [1.54, 1.807) is 12.1 Å². The molecule has 0 aliphatic rings. The topological polar surface area (TPSA) is 32.3 Å². The second-order valence-corrected chi connectivity index (χ2v) is 3.35. The molecule has 1 rings (SSSR count). The van der Waals surface area contributed by atoms with Crippen LogP contribution in [0, 0.1) is 0 Å². The van der Waals surface area contributed by atoms with E-state index < -0.39 is 0 Å². The van der Waals surface area contributed by atoms with E-state index in [2.05, 4.69) is 18.8 Å². The molecule has 1 aromatic carbocycles. The van der Waals surface area contributed by atoms with Gasteiger partial charge in [-0.15, -0.1) is 6.58 Å². The van der Waals surface area contributed by atoms with Crippen LogP contribution in [0.4, 0.5) is 0 Å². The molecule has 0 aliphatic heterocycles. The normalized spacial score (nSPS) is 12.4. The highest BCUT2D eigenvalue weighted by atomic mass is 16.3. The van der Waals surface area contributed by atoms with Crippen LogP contribution in [-0.4, -0.2) is 11.7 Å². The van der Waals surface area contributed by atoms with Gasteiger partial charge >= 0.3 is 0 Å². The fourth-order valence-corrected chi connectivity index (χ4v) is 1.31. The number of aromatic hydroxyl groups is 1. The maximum atomic E-state index is 9.29. The van der Waals surface area contributed by atoms with Crippen molar-refractivity contribution in [3.05, 3.63) is 42.5 Å². The molecule has 2 nitrogen and oxygen atoms in total. The van der Waals surface area contributed by atoms with Gasteiger partial charge < -0.3 is 10.4 Å². The van der Waals surface area contributed by atoms with Gasteiger partial charge in [-0.25, -0.2) is 0 Å². The molecular weight excluding hydrogens is 174 g/mol. The summed E-state index contributed by atoms with van der Waals surface area (Å²) >= 11 is 0. The Balaban J connectivity index is 2.51. The van der Waals surface area contributed by atoms with E-state index in [-0.39, 0.29) is 6.04 Å². The lowest BCUT2D eigenvalue weighted by molar-refractivity contribution is 0.472. The number of phenols is 1. The molecule has 0 radical (unpaired) electrons. The smallest absolute Gasteiger partial charge is 0.115 e. The second kappa shape index (κ2) is 5.45. The highest BCUT2D eigenvalue weighted by Crippen LogP contribution is 2.17. The summed E-state index contributed by atoms with van der Waals surface area (Å²) in [6, 6.07) is 7.59. The van der Waals surface area contributed by atoms with E-state index in [9.17, 15) is 5.11 Å². The van der Waals surface area contributed by atoms with Gasteiger partial charge in [0.1, 0.15) is 5.75 Å². The number of phenolic OH excluding ortho intramolecular Hbond substituents is 1. The maximum Gasteiger partial charge on any atom is 0.115 e. The Morgan fingerprint density at radius 2 is 2.36 bits per heavy atom. The lowest BCUT2D eigenvalue weighted by atomic mass is 10.1. The number of hydrogen-bond donors (Lipinski definition) is 2. The van der Waals surface area contributed by atoms with Crippen molar-refractivity contribution >= 4 is 0 Å². The Labute approximate surface area is 85.3 Å². The van der Waals surface area contributed by atoms with E-state index in [4.69, 9.17) is 0 Å². The molecule has 0 aliphatic carbocycles. The van der Waals surface area contributed by atoms with E-state index in [1.807, 2.05) is 18.2 Å². The number of rotatable bonds is 5. The zero-order chi connectivity index (χ0) is 10.4. The van der Waals surface area contributed by atoms with Crippen LogP contribution in [0.25, 0.3) is 0 Å². The fraction of sp³-hybridized carbons (Fsp3) is 0.333. The van der Waals surface area contributed by atoms with Gasteiger partial charge in [0.15, 0.2) is 0 Å². The minimum atomic E-state index is 0.266. The molecule has 0 bridgehead atoms. The highest BCUT2D eigenvalue weighted by molar-refractivity contribution is 5.28. The SMILES string of the molecule is C=CCCNC(C)c1cccc(O)c1. The third kappa shape index (κ3) is 3.23. The summed E-state index contributed by atoms with van der Waals surface area (Å²) in [7, 11) is 0. The van der Waals surface area contributed by atoms with Gasteiger partial charge in [0, 0.05) is 6.04 Å². The van der Waals surface area contributed by atoms with Crippen molar-refractivity contribution in [1.82, 2.24) is 5.32 Å². The van der Waals surface area contributed by atoms with Crippen molar-refractivity contribution in [3.8, 4) is 5.75 Å². The number of nitrogens with one attached hydrogen (secondary N) is 1. The molecule has 14 heavy (non-hydrogen) atoms. The van der Waals surface area contributed by atoms with Crippen LogP contribution in [-0.2, 0) is 0 Å². The first kappa shape index (κ1) is 10.8. The number of hydrogen-bond acceptors (Lipinski definition) is 2. The van der Waals surface area contributed by atoms with Crippen molar-refractivity contribution in [2.24, 2.45) is 0 Å². The Kier molecular flexibility index (Phi) is 4.20. The molecule has 0 saturated carbocycles. The molecule has 0 spiro atoms. The van der Waals surface area contributed by atoms with Crippen molar-refractivity contribution < 1.29 is 5.11 Å². The first-order valence-electron chi connectivity index (χ1n) is 4.87. The second-order valence-electron chi connectivity index (χ2n) is 3.35. The van der Waals surface area contributed by atoms with Gasteiger partial charge in [0.05, 0.1) is 0 Å². The highest BCUT2D eigenvalue weighted by Gasteiger charge is 2.03. The van der Waals surface area contributed by atoms with Crippen LogP contribution in [0.5, 0.6) is 5.75 Å². The first-order chi connectivity index (χ1) is 6.74. The summed E-state index contributed by atoms with van der Waals surface area (Å²) in [4.78, 5) is 0. The van der Waals surface area contributed by atoms with Gasteiger partial charge in [-0.3, -0.25) is 0 Å². The zero-order valence-electron chi connectivity index (χ0n) is 8.53. The van der Waals surface area contributed by atoms with Crippen molar-refractivity contribution in [1.29, 1.82) is 0 Å². The zero-order valence-corrected chi connectivity index (χ0v) is 8.53. The molecular formula is C12H17NO. The van der Waals surface area contributed by atoms with Gasteiger partial charge in [0.2, 0.25) is 0 Å². The molecule has 1 aromatic rings. The monoisotopic (exact) mass is 191 g/mol. The van der Waals surface area contributed by atoms with E-state index in [0.717, 1.165) is 18.5 Å². The molecule has 0 heterocycles. The number of benzene rings is 1. The quantitative estimate of drug-likeness (QED) is 0.554. The third-order valence-corrected chi connectivity index (χ3v) is 2.17. The van der Waals surface area contributed by atoms with Crippen LogP contribution >= 0.6 is 0 Å². The Morgan fingerprint density at radius 1 is 1.57 bits per heavy atom. The molecule has 1 atom stereocenters. The van der Waals surface area contributed by atoms with Crippen LogP contribution in [0.3, 0.4) is 0 Å². The molecule has 1 unspecified atom stereocenters. The fourth-order valence-electron chi connectivity index (χ4n) is 1.31. The van der Waals surface area contributed by atoms with Crippen molar-refractivity contribution in [2.45, 2.75) is 19.4 Å². The molecule has 0 saturated heterocycles. The molecule has 0 aromatic heterocycles. The molecule has 76 valence electrons. The van der Waals surface area contributed by atoms with Crippen molar-refractivity contribution in [2.75, 3.05) is 6.54 Å². The Hall–Kier alpha value is -1.28. The lowest BCUT2D eigenvalue weighted by Crippen LogP contribution is -2.19. The van der Waals surface area contributed by atoms with Gasteiger partial charge in [-0.05, 0) is 37.6 Å².